The molecule has 0 bridgehead atoms. The molecule has 5 rings (SSSR count). The number of rotatable bonds is 3. The number of nitrogens with zero attached hydrogens (tertiary/aromatic N) is 1. The second-order valence-electron chi connectivity index (χ2n) is 6.57. The van der Waals surface area contributed by atoms with Crippen LogP contribution >= 0.6 is 11.3 Å². The molecule has 1 atom stereocenters. The summed E-state index contributed by atoms with van der Waals surface area (Å²) in [7, 11) is 0. The first kappa shape index (κ1) is 17.4. The average molecular weight is 405 g/mol. The first-order chi connectivity index (χ1) is 14.1. The first-order valence-electron chi connectivity index (χ1n) is 8.95. The summed E-state index contributed by atoms with van der Waals surface area (Å²) in [6.07, 6.45) is -0.549. The Morgan fingerprint density at radius 2 is 2.03 bits per heavy atom. The third-order valence-electron chi connectivity index (χ3n) is 4.50. The molecule has 0 radical (unpaired) electrons. The highest BCUT2D eigenvalue weighted by Gasteiger charge is 2.24. The van der Waals surface area contributed by atoms with Gasteiger partial charge in [-0.2, -0.15) is 0 Å². The molecule has 8 heteroatoms. The van der Waals surface area contributed by atoms with E-state index in [0.29, 0.717) is 27.9 Å². The predicted molar refractivity (Wildman–Crippen MR) is 110 cm³/mol. The number of aromatic nitrogens is 1. The van der Waals surface area contributed by atoms with Crippen molar-refractivity contribution >= 4 is 44.7 Å². The Labute approximate surface area is 169 Å². The van der Waals surface area contributed by atoms with Gasteiger partial charge in [0.05, 0.1) is 15.9 Å². The van der Waals surface area contributed by atoms with E-state index in [-0.39, 0.29) is 11.7 Å². The van der Waals surface area contributed by atoms with E-state index in [1.54, 1.807) is 37.3 Å². The molecule has 0 aliphatic carbocycles. The van der Waals surface area contributed by atoms with Crippen LogP contribution in [0.25, 0.3) is 21.0 Å². The van der Waals surface area contributed by atoms with Crippen molar-refractivity contribution in [3.05, 3.63) is 60.4 Å². The van der Waals surface area contributed by atoms with E-state index in [2.05, 4.69) is 15.6 Å². The highest BCUT2D eigenvalue weighted by atomic mass is 32.1. The number of hydrogen-bond acceptors (Lipinski definition) is 6. The van der Waals surface area contributed by atoms with Gasteiger partial charge in [0.15, 0.2) is 22.6 Å². The fourth-order valence-electron chi connectivity index (χ4n) is 3.03. The van der Waals surface area contributed by atoms with Gasteiger partial charge in [-0.25, -0.2) is 4.98 Å². The number of thiazole rings is 1. The van der Waals surface area contributed by atoms with E-state index in [9.17, 15) is 9.59 Å². The molecule has 1 aliphatic heterocycles. The van der Waals surface area contributed by atoms with Gasteiger partial charge in [0.2, 0.25) is 0 Å². The van der Waals surface area contributed by atoms with Crippen LogP contribution in [0.4, 0.5) is 11.4 Å². The van der Waals surface area contributed by atoms with E-state index >= 15 is 0 Å². The van der Waals surface area contributed by atoms with Gasteiger partial charge >= 0.3 is 0 Å². The van der Waals surface area contributed by atoms with Gasteiger partial charge in [-0.15, -0.1) is 11.3 Å². The Bertz CT molecular complexity index is 1230. The fourth-order valence-corrected chi connectivity index (χ4v) is 3.96. The van der Waals surface area contributed by atoms with E-state index in [0.717, 1.165) is 10.2 Å². The maximum Gasteiger partial charge on any atom is 0.291 e. The van der Waals surface area contributed by atoms with E-state index in [1.807, 2.05) is 24.3 Å². The standard InChI is InChI=1S/C21H15N3O4S/c1-11-19(25)23-14-10-12(6-7-15(14)27-11)22-20(26)16-8-9-17(28-16)21-24-13-4-2-3-5-18(13)29-21/h2-11H,1H3,(H,22,26)(H,23,25). The van der Waals surface area contributed by atoms with Gasteiger partial charge in [-0.05, 0) is 49.4 Å². The number of ether oxygens (including phenoxy) is 1. The molecule has 7 nitrogen and oxygen atoms in total. The molecule has 144 valence electrons. The smallest absolute Gasteiger partial charge is 0.291 e. The Balaban J connectivity index is 1.35. The number of benzene rings is 2. The molecule has 29 heavy (non-hydrogen) atoms. The molecule has 0 spiro atoms. The Hall–Kier alpha value is -3.65. The lowest BCUT2D eigenvalue weighted by Gasteiger charge is -2.23. The largest absolute Gasteiger partial charge is 0.479 e. The van der Waals surface area contributed by atoms with Crippen LogP contribution in [-0.4, -0.2) is 22.9 Å². The summed E-state index contributed by atoms with van der Waals surface area (Å²) in [5, 5.41) is 6.24. The summed E-state index contributed by atoms with van der Waals surface area (Å²) in [5.41, 5.74) is 1.92. The molecule has 0 saturated heterocycles. The zero-order valence-corrected chi connectivity index (χ0v) is 16.1. The minimum Gasteiger partial charge on any atom is -0.479 e. The summed E-state index contributed by atoms with van der Waals surface area (Å²) in [6, 6.07) is 16.2. The van der Waals surface area contributed by atoms with E-state index in [4.69, 9.17) is 9.15 Å². The molecule has 0 fully saturated rings. The Kier molecular flexibility index (Phi) is 4.06. The van der Waals surface area contributed by atoms with Crippen LogP contribution in [0.15, 0.2) is 59.0 Å². The molecule has 4 aromatic rings. The third-order valence-corrected chi connectivity index (χ3v) is 5.55. The topological polar surface area (TPSA) is 93.5 Å². The third kappa shape index (κ3) is 3.23. The second-order valence-corrected chi connectivity index (χ2v) is 7.60. The molecule has 0 saturated carbocycles. The summed E-state index contributed by atoms with van der Waals surface area (Å²) < 4.78 is 12.3. The van der Waals surface area contributed by atoms with Crippen molar-refractivity contribution in [2.75, 3.05) is 10.6 Å². The van der Waals surface area contributed by atoms with Gasteiger partial charge in [0.1, 0.15) is 5.75 Å². The van der Waals surface area contributed by atoms with Crippen LogP contribution in [0, 0.1) is 0 Å². The van der Waals surface area contributed by atoms with Crippen molar-refractivity contribution in [1.82, 2.24) is 4.98 Å². The fraction of sp³-hybridized carbons (Fsp3) is 0.0952. The SMILES string of the molecule is CC1Oc2ccc(NC(=O)c3ccc(-c4nc5ccccc5s4)o3)cc2NC1=O. The zero-order valence-electron chi connectivity index (χ0n) is 15.3. The Morgan fingerprint density at radius 1 is 1.17 bits per heavy atom. The first-order valence-corrected chi connectivity index (χ1v) is 9.77. The predicted octanol–water partition coefficient (Wildman–Crippen LogP) is 4.53. The van der Waals surface area contributed by atoms with Crippen molar-refractivity contribution in [2.24, 2.45) is 0 Å². The van der Waals surface area contributed by atoms with Gasteiger partial charge in [0, 0.05) is 5.69 Å². The number of hydrogen-bond donors (Lipinski definition) is 2. The summed E-state index contributed by atoms with van der Waals surface area (Å²) >= 11 is 1.50. The van der Waals surface area contributed by atoms with Crippen molar-refractivity contribution in [3.8, 4) is 16.5 Å². The Morgan fingerprint density at radius 3 is 2.90 bits per heavy atom. The molecule has 3 heterocycles. The van der Waals surface area contributed by atoms with Crippen molar-refractivity contribution in [1.29, 1.82) is 0 Å². The van der Waals surface area contributed by atoms with Crippen LogP contribution in [0.1, 0.15) is 17.5 Å². The molecule has 2 aromatic heterocycles. The van der Waals surface area contributed by atoms with E-state index < -0.39 is 12.0 Å². The van der Waals surface area contributed by atoms with Crippen LogP contribution in [0.2, 0.25) is 0 Å². The maximum atomic E-state index is 12.6. The highest BCUT2D eigenvalue weighted by molar-refractivity contribution is 7.21. The monoisotopic (exact) mass is 405 g/mol. The number of anilines is 2. The lowest BCUT2D eigenvalue weighted by atomic mass is 10.2. The van der Waals surface area contributed by atoms with E-state index in [1.165, 1.54) is 11.3 Å². The normalized spacial score (nSPS) is 15.5. The lowest BCUT2D eigenvalue weighted by molar-refractivity contribution is -0.122. The number of carbonyl (C=O) groups is 2. The molecule has 1 aliphatic rings. The molecule has 1 unspecified atom stereocenters. The number of para-hydroxylation sites is 1. The molecule has 2 amide bonds. The van der Waals surface area contributed by atoms with Gasteiger partial charge in [0.25, 0.3) is 11.8 Å². The van der Waals surface area contributed by atoms with Gasteiger partial charge in [-0.3, -0.25) is 9.59 Å². The molecular formula is C21H15N3O4S. The van der Waals surface area contributed by atoms with Crippen LogP contribution in [0.3, 0.4) is 0 Å². The van der Waals surface area contributed by atoms with Crippen molar-refractivity contribution in [2.45, 2.75) is 13.0 Å². The highest BCUT2D eigenvalue weighted by Crippen LogP contribution is 2.33. The number of amides is 2. The number of nitrogens with one attached hydrogen (secondary N) is 2. The molecule has 2 aromatic carbocycles. The lowest BCUT2D eigenvalue weighted by Crippen LogP contribution is -2.34. The second kappa shape index (κ2) is 6.75. The minimum atomic E-state index is -0.549. The minimum absolute atomic E-state index is 0.172. The number of fused-ring (bicyclic) bond motifs is 2. The maximum absolute atomic E-state index is 12.6. The summed E-state index contributed by atoms with van der Waals surface area (Å²) in [5.74, 6) is 0.648. The summed E-state index contributed by atoms with van der Waals surface area (Å²) in [6.45, 7) is 1.67. The molecular weight excluding hydrogens is 390 g/mol. The van der Waals surface area contributed by atoms with Gasteiger partial charge < -0.3 is 19.8 Å². The number of carbonyl (C=O) groups excluding carboxylic acids is 2. The van der Waals surface area contributed by atoms with Crippen LogP contribution in [-0.2, 0) is 4.79 Å². The van der Waals surface area contributed by atoms with Crippen molar-refractivity contribution < 1.29 is 18.7 Å². The average Bonchev–Trinajstić information content (AvgIpc) is 3.36. The van der Waals surface area contributed by atoms with Gasteiger partial charge in [-0.1, -0.05) is 12.1 Å². The number of furan rings is 1. The van der Waals surface area contributed by atoms with Crippen LogP contribution in [0.5, 0.6) is 5.75 Å². The molecule has 2 N–H and O–H groups in total. The van der Waals surface area contributed by atoms with Crippen LogP contribution < -0.4 is 15.4 Å². The van der Waals surface area contributed by atoms with Crippen molar-refractivity contribution in [3.63, 3.8) is 0 Å². The zero-order chi connectivity index (χ0) is 20.0. The quantitative estimate of drug-likeness (QED) is 0.522. The summed E-state index contributed by atoms with van der Waals surface area (Å²) in [4.78, 5) is 28.9.